The van der Waals surface area contributed by atoms with Gasteiger partial charge in [-0.15, -0.1) is 0 Å². The number of nitrogens with one attached hydrogen (secondary N) is 1. The van der Waals surface area contributed by atoms with Crippen LogP contribution in [0.25, 0.3) is 0 Å². The lowest BCUT2D eigenvalue weighted by molar-refractivity contribution is 0.481. The molecule has 0 radical (unpaired) electrons. The quantitative estimate of drug-likeness (QED) is 0.490. The molecule has 1 unspecified atom stereocenters. The first kappa shape index (κ1) is 14.4. The molecule has 0 aliphatic carbocycles. The zero-order chi connectivity index (χ0) is 13.8. The van der Waals surface area contributed by atoms with Gasteiger partial charge in [0.05, 0.1) is 6.04 Å². The van der Waals surface area contributed by atoms with Gasteiger partial charge in [0, 0.05) is 3.57 Å². The van der Waals surface area contributed by atoms with Crippen LogP contribution in [-0.4, -0.2) is 0 Å². The molecule has 0 saturated carbocycles. The monoisotopic (exact) mass is 374 g/mol. The molecule has 0 aromatic heterocycles. The molecule has 100 valence electrons. The van der Waals surface area contributed by atoms with Gasteiger partial charge < -0.3 is 0 Å². The summed E-state index contributed by atoms with van der Waals surface area (Å²) in [5, 5.41) is 0. The molecule has 5 heteroatoms. The minimum absolute atomic E-state index is 0.256. The summed E-state index contributed by atoms with van der Waals surface area (Å²) in [4.78, 5) is 0. The molecule has 2 aromatic carbocycles. The minimum Gasteiger partial charge on any atom is -0.271 e. The maximum atomic E-state index is 13.6. The SMILES string of the molecule is NNC(Cc1cccc(F)c1F)c1ccc(I)cc1. The van der Waals surface area contributed by atoms with Crippen LogP contribution in [0.15, 0.2) is 42.5 Å². The van der Waals surface area contributed by atoms with E-state index in [4.69, 9.17) is 5.84 Å². The first-order valence-electron chi connectivity index (χ1n) is 5.76. The first-order chi connectivity index (χ1) is 9.11. The summed E-state index contributed by atoms with van der Waals surface area (Å²) in [6.07, 6.45) is 0.292. The Bertz CT molecular complexity index is 558. The fraction of sp³-hybridized carbons (Fsp3) is 0.143. The minimum atomic E-state index is -0.837. The van der Waals surface area contributed by atoms with E-state index >= 15 is 0 Å². The van der Waals surface area contributed by atoms with Crippen molar-refractivity contribution >= 4 is 22.6 Å². The summed E-state index contributed by atoms with van der Waals surface area (Å²) in [6, 6.07) is 11.6. The van der Waals surface area contributed by atoms with Gasteiger partial charge in [0.25, 0.3) is 0 Å². The number of hydrogen-bond acceptors (Lipinski definition) is 2. The summed E-state index contributed by atoms with van der Waals surface area (Å²) >= 11 is 2.20. The fourth-order valence-corrected chi connectivity index (χ4v) is 2.25. The number of hydrazine groups is 1. The highest BCUT2D eigenvalue weighted by Crippen LogP contribution is 2.21. The highest BCUT2D eigenvalue weighted by Gasteiger charge is 2.15. The van der Waals surface area contributed by atoms with E-state index in [1.54, 1.807) is 6.07 Å². The van der Waals surface area contributed by atoms with Crippen LogP contribution < -0.4 is 11.3 Å². The van der Waals surface area contributed by atoms with Crippen LogP contribution in [0.3, 0.4) is 0 Å². The molecule has 1 atom stereocenters. The van der Waals surface area contributed by atoms with Crippen LogP contribution in [0.2, 0.25) is 0 Å². The van der Waals surface area contributed by atoms with Gasteiger partial charge in [-0.2, -0.15) is 0 Å². The van der Waals surface area contributed by atoms with Gasteiger partial charge in [0.1, 0.15) is 0 Å². The number of nitrogens with two attached hydrogens (primary N) is 1. The van der Waals surface area contributed by atoms with Crippen molar-refractivity contribution in [3.05, 3.63) is 68.8 Å². The van der Waals surface area contributed by atoms with E-state index in [2.05, 4.69) is 28.0 Å². The average Bonchev–Trinajstić information content (AvgIpc) is 2.42. The largest absolute Gasteiger partial charge is 0.271 e. The van der Waals surface area contributed by atoms with Crippen LogP contribution >= 0.6 is 22.6 Å². The molecule has 2 rings (SSSR count). The lowest BCUT2D eigenvalue weighted by atomic mass is 9.99. The maximum absolute atomic E-state index is 13.6. The third-order valence-corrected chi connectivity index (χ3v) is 3.65. The van der Waals surface area contributed by atoms with Crippen molar-refractivity contribution in [1.82, 2.24) is 5.43 Å². The van der Waals surface area contributed by atoms with Gasteiger partial charge in [0.2, 0.25) is 0 Å². The first-order valence-corrected chi connectivity index (χ1v) is 6.84. The number of halogens is 3. The third kappa shape index (κ3) is 3.49. The van der Waals surface area contributed by atoms with Crippen molar-refractivity contribution < 1.29 is 8.78 Å². The average molecular weight is 374 g/mol. The van der Waals surface area contributed by atoms with Gasteiger partial charge in [0.15, 0.2) is 11.6 Å². The Balaban J connectivity index is 2.24. The van der Waals surface area contributed by atoms with Crippen molar-refractivity contribution in [3.63, 3.8) is 0 Å². The smallest absolute Gasteiger partial charge is 0.162 e. The molecule has 0 bridgehead atoms. The Morgan fingerprint density at radius 2 is 1.79 bits per heavy atom. The Morgan fingerprint density at radius 3 is 2.42 bits per heavy atom. The molecule has 3 N–H and O–H groups in total. The summed E-state index contributed by atoms with van der Waals surface area (Å²) in [5.74, 6) is 3.86. The molecule has 0 amide bonds. The van der Waals surface area contributed by atoms with Gasteiger partial charge in [-0.05, 0) is 58.3 Å². The molecular weight excluding hydrogens is 361 g/mol. The Kier molecular flexibility index (Phi) is 4.84. The number of rotatable bonds is 4. The second-order valence-corrected chi connectivity index (χ2v) is 5.43. The van der Waals surface area contributed by atoms with Crippen molar-refractivity contribution in [2.24, 2.45) is 5.84 Å². The Morgan fingerprint density at radius 1 is 1.11 bits per heavy atom. The lowest BCUT2D eigenvalue weighted by Crippen LogP contribution is -2.29. The Hall–Kier alpha value is -1.05. The fourth-order valence-electron chi connectivity index (χ4n) is 1.89. The Labute approximate surface area is 124 Å². The zero-order valence-corrected chi connectivity index (χ0v) is 12.2. The number of hydrogen-bond donors (Lipinski definition) is 2. The van der Waals surface area contributed by atoms with Crippen molar-refractivity contribution in [2.75, 3.05) is 0 Å². The van der Waals surface area contributed by atoms with Crippen LogP contribution in [0.1, 0.15) is 17.2 Å². The van der Waals surface area contributed by atoms with E-state index in [0.717, 1.165) is 15.2 Å². The van der Waals surface area contributed by atoms with E-state index < -0.39 is 11.6 Å². The molecule has 0 saturated heterocycles. The van der Waals surface area contributed by atoms with Gasteiger partial charge in [-0.25, -0.2) is 8.78 Å². The third-order valence-electron chi connectivity index (χ3n) is 2.93. The van der Waals surface area contributed by atoms with Crippen molar-refractivity contribution in [1.29, 1.82) is 0 Å². The van der Waals surface area contributed by atoms with Gasteiger partial charge >= 0.3 is 0 Å². The highest BCUT2D eigenvalue weighted by molar-refractivity contribution is 14.1. The number of benzene rings is 2. The van der Waals surface area contributed by atoms with Gasteiger partial charge in [-0.3, -0.25) is 11.3 Å². The molecule has 0 spiro atoms. The standard InChI is InChI=1S/C14H13F2IN2/c15-12-3-1-2-10(14(12)16)8-13(19-18)9-4-6-11(17)7-5-9/h1-7,13,19H,8,18H2. The molecule has 2 aromatic rings. The second kappa shape index (κ2) is 6.40. The summed E-state index contributed by atoms with van der Waals surface area (Å²) in [7, 11) is 0. The molecular formula is C14H13F2IN2. The lowest BCUT2D eigenvalue weighted by Gasteiger charge is -2.17. The predicted octanol–water partition coefficient (Wildman–Crippen LogP) is 3.32. The van der Waals surface area contributed by atoms with Crippen LogP contribution in [-0.2, 0) is 6.42 Å². The van der Waals surface area contributed by atoms with Crippen LogP contribution in [0.4, 0.5) is 8.78 Å². The normalized spacial score (nSPS) is 12.4. The predicted molar refractivity (Wildman–Crippen MR) is 79.3 cm³/mol. The molecule has 0 aliphatic rings. The second-order valence-electron chi connectivity index (χ2n) is 4.19. The van der Waals surface area contributed by atoms with Crippen molar-refractivity contribution in [3.8, 4) is 0 Å². The maximum Gasteiger partial charge on any atom is 0.162 e. The summed E-state index contributed by atoms with van der Waals surface area (Å²) in [5.41, 5.74) is 3.88. The summed E-state index contributed by atoms with van der Waals surface area (Å²) in [6.45, 7) is 0. The van der Waals surface area contributed by atoms with Crippen LogP contribution in [0, 0.1) is 15.2 Å². The molecule has 2 nitrogen and oxygen atoms in total. The van der Waals surface area contributed by atoms with E-state index in [1.165, 1.54) is 6.07 Å². The van der Waals surface area contributed by atoms with E-state index in [9.17, 15) is 8.78 Å². The van der Waals surface area contributed by atoms with Crippen LogP contribution in [0.5, 0.6) is 0 Å². The topological polar surface area (TPSA) is 38.0 Å². The van der Waals surface area contributed by atoms with Gasteiger partial charge in [-0.1, -0.05) is 24.3 Å². The molecule has 0 fully saturated rings. The molecule has 0 aliphatic heterocycles. The zero-order valence-electron chi connectivity index (χ0n) is 10.0. The van der Waals surface area contributed by atoms with E-state index in [1.807, 2.05) is 24.3 Å². The van der Waals surface area contributed by atoms with Crippen molar-refractivity contribution in [2.45, 2.75) is 12.5 Å². The summed E-state index contributed by atoms with van der Waals surface area (Å²) < 4.78 is 27.9. The highest BCUT2D eigenvalue weighted by atomic mass is 127. The molecule has 19 heavy (non-hydrogen) atoms. The van der Waals surface area contributed by atoms with E-state index in [-0.39, 0.29) is 6.04 Å². The van der Waals surface area contributed by atoms with E-state index in [0.29, 0.717) is 12.0 Å². The molecule has 0 heterocycles.